The van der Waals surface area contributed by atoms with Crippen LogP contribution in [0.25, 0.3) is 11.0 Å². The normalized spacial score (nSPS) is 10.7. The van der Waals surface area contributed by atoms with Crippen LogP contribution in [0.2, 0.25) is 0 Å². The monoisotopic (exact) mass is 276 g/mol. The van der Waals surface area contributed by atoms with Crippen LogP contribution in [0.1, 0.15) is 4.88 Å². The molecule has 0 unspecified atom stereocenters. The number of nitrogens with one attached hydrogen (secondary N) is 1. The maximum Gasteiger partial charge on any atom is 0.300 e. The highest BCUT2D eigenvalue weighted by atomic mass is 32.1. The zero-order chi connectivity index (χ0) is 13.2. The number of nitro groups is 1. The zero-order valence-electron chi connectivity index (χ0n) is 9.57. The summed E-state index contributed by atoms with van der Waals surface area (Å²) in [6.45, 7) is 0.622. The van der Waals surface area contributed by atoms with Crippen molar-refractivity contribution in [2.24, 2.45) is 0 Å². The largest absolute Gasteiger partial charge is 0.378 e. The Morgan fingerprint density at radius 1 is 1.32 bits per heavy atom. The van der Waals surface area contributed by atoms with E-state index >= 15 is 0 Å². The lowest BCUT2D eigenvalue weighted by atomic mass is 10.2. The van der Waals surface area contributed by atoms with Crippen molar-refractivity contribution in [2.75, 3.05) is 5.32 Å². The molecule has 0 atom stereocenters. The highest BCUT2D eigenvalue weighted by molar-refractivity contribution is 7.09. The molecule has 0 aliphatic rings. The van der Waals surface area contributed by atoms with Crippen molar-refractivity contribution in [3.05, 3.63) is 44.6 Å². The molecule has 0 aliphatic carbocycles. The summed E-state index contributed by atoms with van der Waals surface area (Å²) < 4.78 is 4.59. The van der Waals surface area contributed by atoms with E-state index in [1.165, 1.54) is 6.07 Å². The van der Waals surface area contributed by atoms with E-state index in [1.807, 2.05) is 17.5 Å². The van der Waals surface area contributed by atoms with Crippen molar-refractivity contribution < 1.29 is 9.55 Å². The molecule has 3 aromatic rings. The number of aromatic nitrogens is 2. The SMILES string of the molecule is O=[N+]([O-])c1ccc(NCc2cccs2)c2nonc12. The number of non-ortho nitro benzene ring substituents is 1. The van der Waals surface area contributed by atoms with Crippen molar-refractivity contribution in [1.82, 2.24) is 10.3 Å². The number of hydrogen-bond donors (Lipinski definition) is 1. The maximum absolute atomic E-state index is 10.8. The molecule has 2 heterocycles. The lowest BCUT2D eigenvalue weighted by Gasteiger charge is -2.04. The summed E-state index contributed by atoms with van der Waals surface area (Å²) in [6.07, 6.45) is 0. The Morgan fingerprint density at radius 3 is 2.89 bits per heavy atom. The molecule has 0 fully saturated rings. The Balaban J connectivity index is 1.94. The summed E-state index contributed by atoms with van der Waals surface area (Å²) in [5, 5.41) is 23.3. The lowest BCUT2D eigenvalue weighted by molar-refractivity contribution is -0.383. The van der Waals surface area contributed by atoms with Crippen LogP contribution in [0.5, 0.6) is 0 Å². The maximum atomic E-state index is 10.8. The van der Waals surface area contributed by atoms with Crippen LogP contribution in [0.4, 0.5) is 11.4 Å². The number of fused-ring (bicyclic) bond motifs is 1. The van der Waals surface area contributed by atoms with Gasteiger partial charge in [0.05, 0.1) is 10.6 Å². The van der Waals surface area contributed by atoms with E-state index in [1.54, 1.807) is 17.4 Å². The third-order valence-corrected chi connectivity index (χ3v) is 3.50. The summed E-state index contributed by atoms with van der Waals surface area (Å²) in [7, 11) is 0. The van der Waals surface area contributed by atoms with E-state index in [0.29, 0.717) is 17.7 Å². The molecule has 0 radical (unpaired) electrons. The number of nitrogens with zero attached hydrogens (tertiary/aromatic N) is 3. The molecule has 1 aromatic carbocycles. The van der Waals surface area contributed by atoms with Crippen LogP contribution in [-0.4, -0.2) is 15.2 Å². The fraction of sp³-hybridized carbons (Fsp3) is 0.0909. The third kappa shape index (κ3) is 2.13. The van der Waals surface area contributed by atoms with Gasteiger partial charge >= 0.3 is 5.69 Å². The Morgan fingerprint density at radius 2 is 2.16 bits per heavy atom. The van der Waals surface area contributed by atoms with Gasteiger partial charge < -0.3 is 5.32 Å². The molecule has 0 saturated carbocycles. The predicted molar refractivity (Wildman–Crippen MR) is 70.1 cm³/mol. The first-order chi connectivity index (χ1) is 9.25. The minimum Gasteiger partial charge on any atom is -0.378 e. The summed E-state index contributed by atoms with van der Waals surface area (Å²) in [4.78, 5) is 11.5. The molecular formula is C11H8N4O3S. The van der Waals surface area contributed by atoms with Crippen molar-refractivity contribution in [1.29, 1.82) is 0 Å². The topological polar surface area (TPSA) is 94.1 Å². The predicted octanol–water partition coefficient (Wildman–Crippen LogP) is 2.80. The second kappa shape index (κ2) is 4.65. The Hall–Kier alpha value is -2.48. The van der Waals surface area contributed by atoms with Gasteiger partial charge in [-0.3, -0.25) is 10.1 Å². The van der Waals surface area contributed by atoms with Gasteiger partial charge in [0.15, 0.2) is 5.52 Å². The van der Waals surface area contributed by atoms with E-state index in [-0.39, 0.29) is 11.2 Å². The molecule has 19 heavy (non-hydrogen) atoms. The van der Waals surface area contributed by atoms with Gasteiger partial charge in [-0.05, 0) is 27.8 Å². The number of anilines is 1. The van der Waals surface area contributed by atoms with Crippen LogP contribution in [-0.2, 0) is 6.54 Å². The van der Waals surface area contributed by atoms with Crippen LogP contribution in [0.3, 0.4) is 0 Å². The first kappa shape index (κ1) is 11.6. The molecule has 2 aromatic heterocycles. The minimum atomic E-state index is -0.504. The molecule has 8 heteroatoms. The van der Waals surface area contributed by atoms with Gasteiger partial charge in [0.2, 0.25) is 5.52 Å². The van der Waals surface area contributed by atoms with E-state index in [2.05, 4.69) is 20.3 Å². The molecule has 0 saturated heterocycles. The summed E-state index contributed by atoms with van der Waals surface area (Å²) >= 11 is 1.63. The van der Waals surface area contributed by atoms with E-state index in [4.69, 9.17) is 0 Å². The summed E-state index contributed by atoms with van der Waals surface area (Å²) in [6, 6.07) is 6.97. The van der Waals surface area contributed by atoms with Gasteiger partial charge in [-0.15, -0.1) is 11.3 Å². The van der Waals surface area contributed by atoms with Gasteiger partial charge in [-0.25, -0.2) is 4.63 Å². The molecule has 0 aliphatic heterocycles. The fourth-order valence-corrected chi connectivity index (χ4v) is 2.38. The first-order valence-electron chi connectivity index (χ1n) is 5.41. The van der Waals surface area contributed by atoms with Crippen molar-refractivity contribution in [3.63, 3.8) is 0 Å². The number of nitro benzene ring substituents is 1. The van der Waals surface area contributed by atoms with Crippen molar-refractivity contribution in [3.8, 4) is 0 Å². The van der Waals surface area contributed by atoms with Crippen LogP contribution in [0.15, 0.2) is 34.3 Å². The average molecular weight is 276 g/mol. The standard InChI is InChI=1S/C11H8N4O3S/c16-15(17)9-4-3-8(10-11(9)14-18-13-10)12-6-7-2-1-5-19-7/h1-5,12H,6H2. The van der Waals surface area contributed by atoms with Crippen LogP contribution < -0.4 is 5.32 Å². The van der Waals surface area contributed by atoms with Gasteiger partial charge in [0, 0.05) is 17.5 Å². The average Bonchev–Trinajstić information content (AvgIpc) is 3.06. The van der Waals surface area contributed by atoms with Crippen LogP contribution in [0, 0.1) is 10.1 Å². The third-order valence-electron chi connectivity index (χ3n) is 2.62. The summed E-state index contributed by atoms with van der Waals surface area (Å²) in [5.41, 5.74) is 1.07. The molecule has 3 rings (SSSR count). The second-order valence-electron chi connectivity index (χ2n) is 3.78. The highest BCUT2D eigenvalue weighted by Crippen LogP contribution is 2.29. The molecule has 0 amide bonds. The molecule has 7 nitrogen and oxygen atoms in total. The molecular weight excluding hydrogens is 268 g/mol. The fourth-order valence-electron chi connectivity index (χ4n) is 1.74. The van der Waals surface area contributed by atoms with Gasteiger partial charge in [0.1, 0.15) is 0 Å². The van der Waals surface area contributed by atoms with Crippen molar-refractivity contribution >= 4 is 33.7 Å². The number of benzene rings is 1. The molecule has 0 bridgehead atoms. The highest BCUT2D eigenvalue weighted by Gasteiger charge is 2.19. The Kier molecular flexibility index (Phi) is 2.84. The molecule has 0 spiro atoms. The van der Waals surface area contributed by atoms with Crippen molar-refractivity contribution in [2.45, 2.75) is 6.54 Å². The zero-order valence-corrected chi connectivity index (χ0v) is 10.4. The smallest absolute Gasteiger partial charge is 0.300 e. The quantitative estimate of drug-likeness (QED) is 0.581. The van der Waals surface area contributed by atoms with Gasteiger partial charge in [0.25, 0.3) is 0 Å². The number of hydrogen-bond acceptors (Lipinski definition) is 7. The minimum absolute atomic E-state index is 0.113. The van der Waals surface area contributed by atoms with Gasteiger partial charge in [-0.1, -0.05) is 6.07 Å². The Labute approximate surface area is 111 Å². The molecule has 1 N–H and O–H groups in total. The van der Waals surface area contributed by atoms with E-state index in [0.717, 1.165) is 4.88 Å². The molecule has 96 valence electrons. The van der Waals surface area contributed by atoms with Crippen LogP contribution >= 0.6 is 11.3 Å². The summed E-state index contributed by atoms with van der Waals surface area (Å²) in [5.74, 6) is 0. The lowest BCUT2D eigenvalue weighted by Crippen LogP contribution is -1.99. The number of thiophene rings is 1. The van der Waals surface area contributed by atoms with E-state index < -0.39 is 4.92 Å². The Bertz CT molecular complexity index is 723. The number of rotatable bonds is 4. The van der Waals surface area contributed by atoms with E-state index in [9.17, 15) is 10.1 Å². The van der Waals surface area contributed by atoms with Gasteiger partial charge in [-0.2, -0.15) is 0 Å². The second-order valence-corrected chi connectivity index (χ2v) is 4.82. The first-order valence-corrected chi connectivity index (χ1v) is 6.29.